The number of nitrogens with one attached hydrogen (secondary N) is 1. The molecule has 0 saturated carbocycles. The van der Waals surface area contributed by atoms with Gasteiger partial charge in [0.2, 0.25) is 0 Å². The first kappa shape index (κ1) is 13.2. The Morgan fingerprint density at radius 1 is 1.23 bits per heavy atom. The molecule has 13 heavy (non-hydrogen) atoms. The average molecular weight is 206 g/mol. The van der Waals surface area contributed by atoms with E-state index in [9.17, 15) is 0 Å². The van der Waals surface area contributed by atoms with Crippen molar-refractivity contribution in [3.63, 3.8) is 0 Å². The van der Waals surface area contributed by atoms with Crippen LogP contribution in [0.15, 0.2) is 0 Å². The summed E-state index contributed by atoms with van der Waals surface area (Å²) in [6, 6.07) is 0.676. The maximum absolute atomic E-state index is 5.74. The summed E-state index contributed by atoms with van der Waals surface area (Å²) in [5.41, 5.74) is 0.338. The van der Waals surface area contributed by atoms with Crippen LogP contribution in [0.2, 0.25) is 0 Å². The lowest BCUT2D eigenvalue weighted by Crippen LogP contribution is -2.36. The zero-order valence-corrected chi connectivity index (χ0v) is 10.2. The van der Waals surface area contributed by atoms with E-state index in [1.54, 1.807) is 0 Å². The van der Waals surface area contributed by atoms with Crippen LogP contribution in [0.1, 0.15) is 47.0 Å². The highest BCUT2D eigenvalue weighted by molar-refractivity contribution is 6.17. The first-order valence-electron chi connectivity index (χ1n) is 5.35. The number of halogens is 1. The van der Waals surface area contributed by atoms with Crippen molar-refractivity contribution in [2.24, 2.45) is 5.41 Å². The molecule has 1 nitrogen and oxygen atoms in total. The largest absolute Gasteiger partial charge is 0.313 e. The van der Waals surface area contributed by atoms with Crippen LogP contribution < -0.4 is 5.32 Å². The van der Waals surface area contributed by atoms with Gasteiger partial charge in [0.05, 0.1) is 0 Å². The van der Waals surface area contributed by atoms with Crippen LogP contribution in [0, 0.1) is 5.41 Å². The molecule has 0 aromatic rings. The summed E-state index contributed by atoms with van der Waals surface area (Å²) < 4.78 is 0. The van der Waals surface area contributed by atoms with Gasteiger partial charge in [-0.3, -0.25) is 0 Å². The first-order valence-corrected chi connectivity index (χ1v) is 5.88. The van der Waals surface area contributed by atoms with Gasteiger partial charge in [-0.2, -0.15) is 0 Å². The molecular weight excluding hydrogens is 182 g/mol. The zero-order valence-electron chi connectivity index (χ0n) is 9.49. The predicted molar refractivity (Wildman–Crippen MR) is 61.5 cm³/mol. The van der Waals surface area contributed by atoms with Gasteiger partial charge in [-0.15, -0.1) is 11.6 Å². The summed E-state index contributed by atoms with van der Waals surface area (Å²) in [7, 11) is 0. The Balaban J connectivity index is 3.71. The first-order chi connectivity index (χ1) is 6.05. The maximum Gasteiger partial charge on any atom is 0.0229 e. The van der Waals surface area contributed by atoms with E-state index < -0.39 is 0 Å². The minimum atomic E-state index is 0.338. The van der Waals surface area contributed by atoms with Crippen LogP contribution in [-0.2, 0) is 0 Å². The Kier molecular flexibility index (Phi) is 6.79. The fourth-order valence-electron chi connectivity index (χ4n) is 1.34. The Bertz CT molecular complexity index is 119. The van der Waals surface area contributed by atoms with Crippen molar-refractivity contribution in [3.8, 4) is 0 Å². The van der Waals surface area contributed by atoms with Crippen molar-refractivity contribution in [3.05, 3.63) is 0 Å². The Morgan fingerprint density at radius 2 is 1.77 bits per heavy atom. The SMILES string of the molecule is CCC(CC)NCC(C)(C)CCCl. The molecule has 0 spiro atoms. The summed E-state index contributed by atoms with van der Waals surface area (Å²) in [4.78, 5) is 0. The van der Waals surface area contributed by atoms with E-state index >= 15 is 0 Å². The van der Waals surface area contributed by atoms with Crippen molar-refractivity contribution in [1.29, 1.82) is 0 Å². The van der Waals surface area contributed by atoms with Crippen LogP contribution in [0.3, 0.4) is 0 Å². The minimum Gasteiger partial charge on any atom is -0.313 e. The van der Waals surface area contributed by atoms with Gasteiger partial charge in [-0.25, -0.2) is 0 Å². The van der Waals surface area contributed by atoms with E-state index in [4.69, 9.17) is 11.6 Å². The molecular formula is C11H24ClN. The molecule has 0 bridgehead atoms. The van der Waals surface area contributed by atoms with Gasteiger partial charge in [0.15, 0.2) is 0 Å². The highest BCUT2D eigenvalue weighted by Crippen LogP contribution is 2.19. The summed E-state index contributed by atoms with van der Waals surface area (Å²) in [6.45, 7) is 10.1. The molecule has 0 fully saturated rings. The van der Waals surface area contributed by atoms with E-state index in [2.05, 4.69) is 33.0 Å². The van der Waals surface area contributed by atoms with E-state index in [-0.39, 0.29) is 0 Å². The second kappa shape index (κ2) is 6.67. The predicted octanol–water partition coefficient (Wildman–Crippen LogP) is 3.42. The average Bonchev–Trinajstić information content (AvgIpc) is 2.06. The molecule has 0 radical (unpaired) electrons. The molecule has 80 valence electrons. The van der Waals surface area contributed by atoms with Crippen LogP contribution >= 0.6 is 11.6 Å². The van der Waals surface area contributed by atoms with Gasteiger partial charge in [-0.05, 0) is 24.7 Å². The third-order valence-electron chi connectivity index (χ3n) is 2.63. The normalized spacial score (nSPS) is 12.5. The molecule has 0 aromatic carbocycles. The lowest BCUT2D eigenvalue weighted by molar-refractivity contribution is 0.304. The lowest BCUT2D eigenvalue weighted by Gasteiger charge is -2.27. The van der Waals surface area contributed by atoms with Gasteiger partial charge >= 0.3 is 0 Å². The quantitative estimate of drug-likeness (QED) is 0.629. The molecule has 0 rings (SSSR count). The molecule has 1 N–H and O–H groups in total. The standard InChI is InChI=1S/C11H24ClN/c1-5-10(6-2)13-9-11(3,4)7-8-12/h10,13H,5-9H2,1-4H3. The summed E-state index contributed by atoms with van der Waals surface area (Å²) in [5.74, 6) is 0.762. The Labute approximate surface area is 88.2 Å². The summed E-state index contributed by atoms with van der Waals surface area (Å²) in [6.07, 6.45) is 3.52. The number of rotatable bonds is 7. The molecule has 0 aromatic heterocycles. The summed E-state index contributed by atoms with van der Waals surface area (Å²) in [5, 5.41) is 3.59. The minimum absolute atomic E-state index is 0.338. The van der Waals surface area contributed by atoms with Crippen molar-refractivity contribution >= 4 is 11.6 Å². The van der Waals surface area contributed by atoms with Gasteiger partial charge in [0.25, 0.3) is 0 Å². The number of alkyl halides is 1. The molecule has 0 saturated heterocycles. The highest BCUT2D eigenvalue weighted by atomic mass is 35.5. The second-order valence-electron chi connectivity index (χ2n) is 4.50. The second-order valence-corrected chi connectivity index (χ2v) is 4.88. The lowest BCUT2D eigenvalue weighted by atomic mass is 9.90. The van der Waals surface area contributed by atoms with Crippen LogP contribution in [0.5, 0.6) is 0 Å². The molecule has 0 aliphatic heterocycles. The van der Waals surface area contributed by atoms with E-state index in [0.717, 1.165) is 18.8 Å². The van der Waals surface area contributed by atoms with E-state index in [1.807, 2.05) is 0 Å². The molecule has 0 amide bonds. The van der Waals surface area contributed by atoms with Crippen molar-refractivity contribution in [2.45, 2.75) is 53.0 Å². The van der Waals surface area contributed by atoms with Gasteiger partial charge in [0, 0.05) is 18.5 Å². The molecule has 0 heterocycles. The molecule has 0 atom stereocenters. The van der Waals surface area contributed by atoms with E-state index in [1.165, 1.54) is 12.8 Å². The maximum atomic E-state index is 5.74. The third kappa shape index (κ3) is 6.34. The Morgan fingerprint density at radius 3 is 2.15 bits per heavy atom. The van der Waals surface area contributed by atoms with Gasteiger partial charge < -0.3 is 5.32 Å². The third-order valence-corrected chi connectivity index (χ3v) is 2.82. The van der Waals surface area contributed by atoms with Crippen LogP contribution in [0.4, 0.5) is 0 Å². The molecule has 0 aliphatic carbocycles. The topological polar surface area (TPSA) is 12.0 Å². The van der Waals surface area contributed by atoms with Crippen LogP contribution in [0.25, 0.3) is 0 Å². The zero-order chi connectivity index (χ0) is 10.3. The van der Waals surface area contributed by atoms with Gasteiger partial charge in [-0.1, -0.05) is 27.7 Å². The summed E-state index contributed by atoms with van der Waals surface area (Å²) >= 11 is 5.74. The van der Waals surface area contributed by atoms with Crippen LogP contribution in [-0.4, -0.2) is 18.5 Å². The monoisotopic (exact) mass is 205 g/mol. The molecule has 0 unspecified atom stereocenters. The smallest absolute Gasteiger partial charge is 0.0229 e. The highest BCUT2D eigenvalue weighted by Gasteiger charge is 2.17. The van der Waals surface area contributed by atoms with Crippen molar-refractivity contribution in [2.75, 3.05) is 12.4 Å². The van der Waals surface area contributed by atoms with E-state index in [0.29, 0.717) is 11.5 Å². The van der Waals surface area contributed by atoms with Gasteiger partial charge in [0.1, 0.15) is 0 Å². The fraction of sp³-hybridized carbons (Fsp3) is 1.00. The molecule has 0 aliphatic rings. The number of hydrogen-bond acceptors (Lipinski definition) is 1. The van der Waals surface area contributed by atoms with Crippen molar-refractivity contribution in [1.82, 2.24) is 5.32 Å². The van der Waals surface area contributed by atoms with Crippen molar-refractivity contribution < 1.29 is 0 Å². The number of hydrogen-bond donors (Lipinski definition) is 1. The fourth-order valence-corrected chi connectivity index (χ4v) is 1.85. The molecule has 2 heteroatoms. The Hall–Kier alpha value is 0.250.